The normalized spacial score (nSPS) is 16.7. The van der Waals surface area contributed by atoms with Crippen molar-refractivity contribution in [1.82, 2.24) is 29.4 Å². The highest BCUT2D eigenvalue weighted by atomic mass is 32.1. The third-order valence-corrected chi connectivity index (χ3v) is 6.58. The molecule has 0 atom stereocenters. The van der Waals surface area contributed by atoms with Crippen LogP contribution in [0.3, 0.4) is 0 Å². The molecule has 0 N–H and O–H groups in total. The summed E-state index contributed by atoms with van der Waals surface area (Å²) in [6.45, 7) is 2.30. The highest BCUT2D eigenvalue weighted by molar-refractivity contribution is 7.08. The maximum absolute atomic E-state index is 13.2. The molecule has 0 aliphatic carbocycles. The first kappa shape index (κ1) is 19.7. The smallest absolute Gasteiger partial charge is 0.256 e. The van der Waals surface area contributed by atoms with Crippen molar-refractivity contribution in [2.24, 2.45) is 7.05 Å². The monoisotopic (exact) mass is 438 g/mol. The van der Waals surface area contributed by atoms with Crippen LogP contribution < -0.4 is 5.56 Å². The fourth-order valence-corrected chi connectivity index (χ4v) is 4.70. The third kappa shape index (κ3) is 3.67. The van der Waals surface area contributed by atoms with Gasteiger partial charge in [0.15, 0.2) is 0 Å². The van der Waals surface area contributed by atoms with Crippen molar-refractivity contribution in [2.45, 2.75) is 25.4 Å². The molecular weight excluding hydrogens is 416 g/mol. The summed E-state index contributed by atoms with van der Waals surface area (Å²) < 4.78 is 3.21. The predicted octanol–water partition coefficient (Wildman–Crippen LogP) is 1.52. The van der Waals surface area contributed by atoms with Crippen LogP contribution in [0.5, 0.6) is 0 Å². The maximum Gasteiger partial charge on any atom is 0.256 e. The summed E-state index contributed by atoms with van der Waals surface area (Å²) in [6.07, 6.45) is 4.98. The molecule has 3 aromatic rings. The first-order chi connectivity index (χ1) is 15.0. The summed E-state index contributed by atoms with van der Waals surface area (Å²) in [5.74, 6) is 0.0599. The van der Waals surface area contributed by atoms with Gasteiger partial charge in [-0.15, -0.1) is 5.10 Å². The number of amides is 2. The molecule has 3 aromatic heterocycles. The van der Waals surface area contributed by atoms with Crippen LogP contribution in [0, 0.1) is 0 Å². The minimum atomic E-state index is -0.147. The van der Waals surface area contributed by atoms with Gasteiger partial charge in [0, 0.05) is 50.9 Å². The Hall–Kier alpha value is -3.27. The molecule has 0 aromatic carbocycles. The average Bonchev–Trinajstić information content (AvgIpc) is 3.46. The van der Waals surface area contributed by atoms with Crippen LogP contribution in [0.15, 0.2) is 40.1 Å². The number of nitrogens with zero attached hydrogens (tertiary/aromatic N) is 6. The first-order valence-corrected chi connectivity index (χ1v) is 11.1. The van der Waals surface area contributed by atoms with E-state index in [1.54, 1.807) is 27.7 Å². The Morgan fingerprint density at radius 2 is 2.10 bits per heavy atom. The Morgan fingerprint density at radius 1 is 1.26 bits per heavy atom. The first-order valence-electron chi connectivity index (χ1n) is 10.2. The minimum absolute atomic E-state index is 0.0524. The van der Waals surface area contributed by atoms with Gasteiger partial charge >= 0.3 is 0 Å². The van der Waals surface area contributed by atoms with Gasteiger partial charge in [-0.1, -0.05) is 5.21 Å². The van der Waals surface area contributed by atoms with Gasteiger partial charge in [-0.3, -0.25) is 14.4 Å². The minimum Gasteiger partial charge on any atom is -0.337 e. The predicted molar refractivity (Wildman–Crippen MR) is 115 cm³/mol. The van der Waals surface area contributed by atoms with E-state index in [2.05, 4.69) is 10.3 Å². The zero-order chi connectivity index (χ0) is 21.5. The highest BCUT2D eigenvalue weighted by Crippen LogP contribution is 2.29. The third-order valence-electron chi connectivity index (χ3n) is 5.90. The number of pyridine rings is 1. The quantitative estimate of drug-likeness (QED) is 0.602. The molecule has 2 amide bonds. The summed E-state index contributed by atoms with van der Waals surface area (Å²) in [5, 5.41) is 12.3. The second kappa shape index (κ2) is 7.77. The summed E-state index contributed by atoms with van der Waals surface area (Å²) in [5.41, 5.74) is 2.67. The van der Waals surface area contributed by atoms with Crippen LogP contribution in [-0.2, 0) is 18.4 Å². The maximum atomic E-state index is 13.2. The van der Waals surface area contributed by atoms with Gasteiger partial charge in [-0.25, -0.2) is 4.68 Å². The largest absolute Gasteiger partial charge is 0.337 e. The standard InChI is InChI=1S/C21H22N6O3S/c1-24-12-18(17(7-20(24)29)14-4-6-31-13-14)21(30)26-10-16(11-26)27-9-15(22-23-27)8-25-5-2-3-19(25)28/h4,6-7,9,12-13,16H,2-3,5,8,10-11H2,1H3. The van der Waals surface area contributed by atoms with Gasteiger partial charge in [-0.05, 0) is 28.8 Å². The summed E-state index contributed by atoms with van der Waals surface area (Å²) in [6, 6.07) is 3.49. The van der Waals surface area contributed by atoms with Crippen molar-refractivity contribution in [3.8, 4) is 11.1 Å². The van der Waals surface area contributed by atoms with Gasteiger partial charge in [-0.2, -0.15) is 11.3 Å². The molecule has 0 bridgehead atoms. The van der Waals surface area contributed by atoms with Crippen molar-refractivity contribution in [2.75, 3.05) is 19.6 Å². The molecule has 5 heterocycles. The molecule has 10 heteroatoms. The van der Waals surface area contributed by atoms with E-state index < -0.39 is 0 Å². The molecule has 2 aliphatic rings. The summed E-state index contributed by atoms with van der Waals surface area (Å²) in [4.78, 5) is 40.7. The number of thiophene rings is 1. The van der Waals surface area contributed by atoms with Crippen LogP contribution in [0.2, 0.25) is 0 Å². The van der Waals surface area contributed by atoms with Gasteiger partial charge < -0.3 is 14.4 Å². The second-order valence-electron chi connectivity index (χ2n) is 8.03. The van der Waals surface area contributed by atoms with Crippen LogP contribution in [0.1, 0.15) is 34.9 Å². The Labute approximate surface area is 182 Å². The molecule has 2 saturated heterocycles. The molecular formula is C21H22N6O3S. The lowest BCUT2D eigenvalue weighted by Crippen LogP contribution is -2.51. The zero-order valence-corrected chi connectivity index (χ0v) is 17.9. The second-order valence-corrected chi connectivity index (χ2v) is 8.81. The van der Waals surface area contributed by atoms with Crippen molar-refractivity contribution in [3.63, 3.8) is 0 Å². The van der Waals surface area contributed by atoms with E-state index in [1.165, 1.54) is 22.0 Å². The Morgan fingerprint density at radius 3 is 2.81 bits per heavy atom. The number of aryl methyl sites for hydroxylation is 1. The van der Waals surface area contributed by atoms with E-state index in [0.29, 0.717) is 37.2 Å². The van der Waals surface area contributed by atoms with Crippen LogP contribution in [0.25, 0.3) is 11.1 Å². The van der Waals surface area contributed by atoms with Crippen LogP contribution >= 0.6 is 11.3 Å². The fraction of sp³-hybridized carbons (Fsp3) is 0.381. The molecule has 160 valence electrons. The molecule has 0 spiro atoms. The van der Waals surface area contributed by atoms with E-state index in [1.807, 2.05) is 23.0 Å². The Kier molecular flexibility index (Phi) is 4.93. The number of carbonyl (C=O) groups excluding carboxylic acids is 2. The van der Waals surface area contributed by atoms with E-state index in [9.17, 15) is 14.4 Å². The number of hydrogen-bond acceptors (Lipinski definition) is 6. The van der Waals surface area contributed by atoms with Gasteiger partial charge in [0.05, 0.1) is 24.3 Å². The van der Waals surface area contributed by atoms with Crippen molar-refractivity contribution >= 4 is 23.2 Å². The molecule has 0 unspecified atom stereocenters. The molecule has 2 fully saturated rings. The molecule has 5 rings (SSSR count). The molecule has 9 nitrogen and oxygen atoms in total. The number of carbonyl (C=O) groups is 2. The topological polar surface area (TPSA) is 93.3 Å². The molecule has 0 radical (unpaired) electrons. The van der Waals surface area contributed by atoms with Gasteiger partial charge in [0.1, 0.15) is 5.69 Å². The fourth-order valence-electron chi connectivity index (χ4n) is 4.05. The van der Waals surface area contributed by atoms with E-state index in [0.717, 1.165) is 24.2 Å². The SMILES string of the molecule is Cn1cc(C(=O)N2CC(n3cc(CN4CCCC4=O)nn3)C2)c(-c2ccsc2)cc1=O. The Bertz CT molecular complexity index is 1190. The number of hydrogen-bond donors (Lipinski definition) is 0. The van der Waals surface area contributed by atoms with E-state index >= 15 is 0 Å². The average molecular weight is 439 g/mol. The lowest BCUT2D eigenvalue weighted by Gasteiger charge is -2.39. The number of rotatable bonds is 5. The summed E-state index contributed by atoms with van der Waals surface area (Å²) in [7, 11) is 1.65. The Balaban J connectivity index is 1.28. The zero-order valence-electron chi connectivity index (χ0n) is 17.1. The lowest BCUT2D eigenvalue weighted by molar-refractivity contribution is -0.128. The molecule has 31 heavy (non-hydrogen) atoms. The molecule has 0 saturated carbocycles. The number of likely N-dealkylation sites (tertiary alicyclic amines) is 2. The lowest BCUT2D eigenvalue weighted by atomic mass is 10.0. The molecule has 2 aliphatic heterocycles. The van der Waals surface area contributed by atoms with Crippen molar-refractivity contribution < 1.29 is 9.59 Å². The summed E-state index contributed by atoms with van der Waals surface area (Å²) >= 11 is 1.53. The van der Waals surface area contributed by atoms with Crippen molar-refractivity contribution in [1.29, 1.82) is 0 Å². The van der Waals surface area contributed by atoms with Crippen LogP contribution in [-0.4, -0.2) is 60.8 Å². The van der Waals surface area contributed by atoms with Gasteiger partial charge in [0.25, 0.3) is 11.5 Å². The van der Waals surface area contributed by atoms with E-state index in [4.69, 9.17) is 0 Å². The van der Waals surface area contributed by atoms with Crippen molar-refractivity contribution in [3.05, 3.63) is 56.9 Å². The number of aromatic nitrogens is 4. The van der Waals surface area contributed by atoms with Crippen LogP contribution in [0.4, 0.5) is 0 Å². The van der Waals surface area contributed by atoms with Gasteiger partial charge in [0.2, 0.25) is 5.91 Å². The highest BCUT2D eigenvalue weighted by Gasteiger charge is 2.35. The van der Waals surface area contributed by atoms with E-state index in [-0.39, 0.29) is 23.4 Å².